The Kier molecular flexibility index (Phi) is 3.96. The number of aryl methyl sites for hydroxylation is 2. The molecule has 1 heterocycles. The van der Waals surface area contributed by atoms with E-state index in [1.165, 1.54) is 0 Å². The maximum atomic E-state index is 8.70. The molecule has 0 saturated heterocycles. The monoisotopic (exact) mass is 258 g/mol. The number of aromatic nitrogens is 1. The van der Waals surface area contributed by atoms with Crippen LogP contribution in [0.25, 0.3) is 0 Å². The Morgan fingerprint density at radius 3 is 2.83 bits per heavy atom. The van der Waals surface area contributed by atoms with E-state index in [0.29, 0.717) is 13.0 Å². The van der Waals surface area contributed by atoms with E-state index in [4.69, 9.17) is 10.00 Å². The summed E-state index contributed by atoms with van der Waals surface area (Å²) < 4.78 is 5.73. The molecule has 4 heteroatoms. The van der Waals surface area contributed by atoms with E-state index >= 15 is 0 Å². The van der Waals surface area contributed by atoms with Gasteiger partial charge in [0.1, 0.15) is 17.4 Å². The number of ether oxygens (including phenoxy) is 1. The van der Waals surface area contributed by atoms with Crippen molar-refractivity contribution in [3.63, 3.8) is 0 Å². The molecule has 2 rings (SSSR count). The lowest BCUT2D eigenvalue weighted by Gasteiger charge is -2.06. The van der Waals surface area contributed by atoms with E-state index in [9.17, 15) is 0 Å². The first-order chi connectivity index (χ1) is 8.70. The van der Waals surface area contributed by atoms with Gasteiger partial charge < -0.3 is 4.74 Å². The van der Waals surface area contributed by atoms with Crippen LogP contribution in [0.1, 0.15) is 21.1 Å². The zero-order chi connectivity index (χ0) is 13.0. The molecule has 0 atom stereocenters. The Morgan fingerprint density at radius 2 is 2.11 bits per heavy atom. The van der Waals surface area contributed by atoms with Crippen LogP contribution in [0.4, 0.5) is 0 Å². The van der Waals surface area contributed by atoms with Gasteiger partial charge in [-0.25, -0.2) is 4.98 Å². The summed E-state index contributed by atoms with van der Waals surface area (Å²) >= 11 is 1.55. The quantitative estimate of drug-likeness (QED) is 0.844. The van der Waals surface area contributed by atoms with Gasteiger partial charge in [0.05, 0.1) is 18.2 Å². The molecule has 92 valence electrons. The van der Waals surface area contributed by atoms with Crippen molar-refractivity contribution in [2.24, 2.45) is 0 Å². The highest BCUT2D eigenvalue weighted by atomic mass is 32.1. The molecule has 0 aliphatic carbocycles. The third-order valence-electron chi connectivity index (χ3n) is 2.62. The molecule has 0 aliphatic rings. The summed E-state index contributed by atoms with van der Waals surface area (Å²) in [5.74, 6) is 0.882. The van der Waals surface area contributed by atoms with E-state index in [2.05, 4.69) is 11.1 Å². The summed E-state index contributed by atoms with van der Waals surface area (Å²) in [7, 11) is 0. The Morgan fingerprint density at radius 1 is 1.33 bits per heavy atom. The van der Waals surface area contributed by atoms with Gasteiger partial charge in [-0.3, -0.25) is 0 Å². The Bertz CT molecular complexity index is 584. The van der Waals surface area contributed by atoms with Gasteiger partial charge >= 0.3 is 0 Å². The standard InChI is InChI=1S/C14H14N2OS/c1-10-5-3-4-6-12(10)17-9-14-16-11(2)13(18-14)7-8-15/h3-6H,7,9H2,1-2H3. The number of nitriles is 1. The Hall–Kier alpha value is -1.86. The zero-order valence-corrected chi connectivity index (χ0v) is 11.3. The lowest BCUT2D eigenvalue weighted by atomic mass is 10.2. The molecule has 0 N–H and O–H groups in total. The number of hydrogen-bond acceptors (Lipinski definition) is 4. The highest BCUT2D eigenvalue weighted by Crippen LogP contribution is 2.22. The average Bonchev–Trinajstić information content (AvgIpc) is 2.70. The number of benzene rings is 1. The third kappa shape index (κ3) is 2.88. The topological polar surface area (TPSA) is 45.9 Å². The summed E-state index contributed by atoms with van der Waals surface area (Å²) in [5, 5.41) is 9.61. The maximum Gasteiger partial charge on any atom is 0.140 e. The van der Waals surface area contributed by atoms with E-state index in [1.807, 2.05) is 38.1 Å². The molecule has 0 fully saturated rings. The third-order valence-corrected chi connectivity index (χ3v) is 3.75. The van der Waals surface area contributed by atoms with Gasteiger partial charge in [-0.15, -0.1) is 11.3 Å². The smallest absolute Gasteiger partial charge is 0.140 e. The summed E-state index contributed by atoms with van der Waals surface area (Å²) in [6.07, 6.45) is 0.424. The van der Waals surface area contributed by atoms with Gasteiger partial charge in [0.15, 0.2) is 0 Å². The largest absolute Gasteiger partial charge is 0.486 e. The molecule has 18 heavy (non-hydrogen) atoms. The molecular formula is C14H14N2OS. The first-order valence-corrected chi connectivity index (χ1v) is 6.53. The minimum Gasteiger partial charge on any atom is -0.486 e. The minimum absolute atomic E-state index is 0.424. The van der Waals surface area contributed by atoms with Gasteiger partial charge in [-0.2, -0.15) is 5.26 Å². The van der Waals surface area contributed by atoms with Crippen molar-refractivity contribution in [2.45, 2.75) is 26.9 Å². The van der Waals surface area contributed by atoms with Gasteiger partial charge in [-0.05, 0) is 25.5 Å². The van der Waals surface area contributed by atoms with Gasteiger partial charge in [0, 0.05) is 4.88 Å². The fraction of sp³-hybridized carbons (Fsp3) is 0.286. The lowest BCUT2D eigenvalue weighted by molar-refractivity contribution is 0.303. The molecule has 0 unspecified atom stereocenters. The summed E-state index contributed by atoms with van der Waals surface area (Å²) in [4.78, 5) is 5.44. The van der Waals surface area contributed by atoms with Crippen molar-refractivity contribution in [3.8, 4) is 11.8 Å². The number of nitrogens with zero attached hydrogens (tertiary/aromatic N) is 2. The Labute approximate surface area is 111 Å². The molecular weight excluding hydrogens is 244 g/mol. The molecule has 0 bridgehead atoms. The summed E-state index contributed by atoms with van der Waals surface area (Å²) in [5.41, 5.74) is 2.05. The van der Waals surface area contributed by atoms with Crippen LogP contribution in [0.3, 0.4) is 0 Å². The van der Waals surface area contributed by atoms with E-state index in [-0.39, 0.29) is 0 Å². The predicted octanol–water partition coefficient (Wildman–Crippen LogP) is 3.41. The van der Waals surface area contributed by atoms with Crippen molar-refractivity contribution in [3.05, 3.63) is 45.4 Å². The van der Waals surface area contributed by atoms with Gasteiger partial charge in [0.25, 0.3) is 0 Å². The molecule has 1 aromatic heterocycles. The number of hydrogen-bond donors (Lipinski definition) is 0. The number of rotatable bonds is 4. The fourth-order valence-electron chi connectivity index (χ4n) is 1.64. The van der Waals surface area contributed by atoms with E-state index < -0.39 is 0 Å². The van der Waals surface area contributed by atoms with Crippen LogP contribution in [0.2, 0.25) is 0 Å². The van der Waals surface area contributed by atoms with Gasteiger partial charge in [0.2, 0.25) is 0 Å². The van der Waals surface area contributed by atoms with E-state index in [0.717, 1.165) is 26.9 Å². The van der Waals surface area contributed by atoms with Crippen molar-refractivity contribution in [2.75, 3.05) is 0 Å². The molecule has 0 saturated carbocycles. The molecule has 0 radical (unpaired) electrons. The molecule has 0 spiro atoms. The highest BCUT2D eigenvalue weighted by molar-refractivity contribution is 7.11. The molecule has 1 aromatic carbocycles. The van der Waals surface area contributed by atoms with Crippen LogP contribution < -0.4 is 4.74 Å². The zero-order valence-electron chi connectivity index (χ0n) is 10.4. The normalized spacial score (nSPS) is 10.1. The molecule has 0 aliphatic heterocycles. The van der Waals surface area contributed by atoms with Crippen LogP contribution >= 0.6 is 11.3 Å². The minimum atomic E-state index is 0.424. The second-order valence-corrected chi connectivity index (χ2v) is 5.17. The van der Waals surface area contributed by atoms with Crippen LogP contribution in [0.5, 0.6) is 5.75 Å². The molecule has 0 amide bonds. The first kappa shape index (κ1) is 12.6. The lowest BCUT2D eigenvalue weighted by Crippen LogP contribution is -1.96. The van der Waals surface area contributed by atoms with Gasteiger partial charge in [-0.1, -0.05) is 18.2 Å². The van der Waals surface area contributed by atoms with Crippen LogP contribution in [0.15, 0.2) is 24.3 Å². The number of thiazole rings is 1. The number of para-hydroxylation sites is 1. The second kappa shape index (κ2) is 5.65. The van der Waals surface area contributed by atoms with Crippen molar-refractivity contribution < 1.29 is 4.74 Å². The predicted molar refractivity (Wildman–Crippen MR) is 71.7 cm³/mol. The van der Waals surface area contributed by atoms with Crippen molar-refractivity contribution in [1.82, 2.24) is 4.98 Å². The maximum absolute atomic E-state index is 8.70. The highest BCUT2D eigenvalue weighted by Gasteiger charge is 2.08. The molecule has 2 aromatic rings. The average molecular weight is 258 g/mol. The SMILES string of the molecule is Cc1ccccc1OCc1nc(C)c(CC#N)s1. The molecule has 3 nitrogen and oxygen atoms in total. The first-order valence-electron chi connectivity index (χ1n) is 5.71. The second-order valence-electron chi connectivity index (χ2n) is 4.01. The van der Waals surface area contributed by atoms with Crippen molar-refractivity contribution in [1.29, 1.82) is 5.26 Å². The van der Waals surface area contributed by atoms with Crippen molar-refractivity contribution >= 4 is 11.3 Å². The Balaban J connectivity index is 2.05. The fourth-order valence-corrected chi connectivity index (χ4v) is 2.56. The van der Waals surface area contributed by atoms with E-state index in [1.54, 1.807) is 11.3 Å². The van der Waals surface area contributed by atoms with Crippen LogP contribution in [-0.2, 0) is 13.0 Å². The van der Waals surface area contributed by atoms with Crippen LogP contribution in [0, 0.1) is 25.2 Å². The van der Waals surface area contributed by atoms with Crippen LogP contribution in [-0.4, -0.2) is 4.98 Å². The summed E-state index contributed by atoms with van der Waals surface area (Å²) in [6, 6.07) is 10.1. The summed E-state index contributed by atoms with van der Waals surface area (Å²) in [6.45, 7) is 4.41.